The average Bonchev–Trinajstić information content (AvgIpc) is 3.27. The zero-order valence-electron chi connectivity index (χ0n) is 18.7. The van der Waals surface area contributed by atoms with E-state index in [1.807, 2.05) is 4.90 Å². The van der Waals surface area contributed by atoms with Crippen LogP contribution in [-0.2, 0) is 10.9 Å². The number of fused-ring (bicyclic) bond motifs is 1. The van der Waals surface area contributed by atoms with Gasteiger partial charge in [-0.25, -0.2) is 4.98 Å². The lowest BCUT2D eigenvalue weighted by Gasteiger charge is -2.26. The summed E-state index contributed by atoms with van der Waals surface area (Å²) in [5, 5.41) is 11.2. The van der Waals surface area contributed by atoms with Crippen LogP contribution >= 0.6 is 0 Å². The lowest BCUT2D eigenvalue weighted by molar-refractivity contribution is -0.137. The number of alkyl halides is 3. The number of hydrogen-bond acceptors (Lipinski definition) is 6. The SMILES string of the molecule is Cc1c(C(=O)Nc2cnc3nnc(N4CCOCC4)n3c2)cccc1-c1ccc(C(F)(F)F)cc1. The third-order valence-corrected chi connectivity index (χ3v) is 5.90. The molecular formula is C24H21F3N6O2. The number of hydrogen-bond donors (Lipinski definition) is 1. The Balaban J connectivity index is 1.40. The fourth-order valence-electron chi connectivity index (χ4n) is 4.05. The molecule has 1 fully saturated rings. The van der Waals surface area contributed by atoms with Gasteiger partial charge in [-0.2, -0.15) is 13.2 Å². The van der Waals surface area contributed by atoms with Crippen molar-refractivity contribution in [3.63, 3.8) is 0 Å². The quantitative estimate of drug-likeness (QED) is 0.469. The normalized spacial score (nSPS) is 14.3. The van der Waals surface area contributed by atoms with Gasteiger partial charge in [0.25, 0.3) is 11.7 Å². The number of halogens is 3. The predicted molar refractivity (Wildman–Crippen MR) is 123 cm³/mol. The highest BCUT2D eigenvalue weighted by atomic mass is 19.4. The van der Waals surface area contributed by atoms with Crippen molar-refractivity contribution in [1.29, 1.82) is 0 Å². The van der Waals surface area contributed by atoms with Gasteiger partial charge < -0.3 is 15.0 Å². The predicted octanol–water partition coefficient (Wildman–Crippen LogP) is 4.21. The van der Waals surface area contributed by atoms with E-state index in [1.165, 1.54) is 18.3 Å². The van der Waals surface area contributed by atoms with E-state index in [9.17, 15) is 18.0 Å². The minimum Gasteiger partial charge on any atom is -0.378 e. The first-order chi connectivity index (χ1) is 16.8. The maximum Gasteiger partial charge on any atom is 0.416 e. The van der Waals surface area contributed by atoms with Gasteiger partial charge in [0, 0.05) is 24.8 Å². The van der Waals surface area contributed by atoms with E-state index in [4.69, 9.17) is 4.74 Å². The monoisotopic (exact) mass is 482 g/mol. The fourth-order valence-corrected chi connectivity index (χ4v) is 4.05. The van der Waals surface area contributed by atoms with Crippen LogP contribution in [0.25, 0.3) is 16.9 Å². The van der Waals surface area contributed by atoms with Crippen molar-refractivity contribution in [2.24, 2.45) is 0 Å². The summed E-state index contributed by atoms with van der Waals surface area (Å²) in [4.78, 5) is 19.4. The second-order valence-corrected chi connectivity index (χ2v) is 8.12. The fraction of sp³-hybridized carbons (Fsp3) is 0.250. The summed E-state index contributed by atoms with van der Waals surface area (Å²) in [6, 6.07) is 10.0. The summed E-state index contributed by atoms with van der Waals surface area (Å²) >= 11 is 0. The average molecular weight is 482 g/mol. The van der Waals surface area contributed by atoms with Crippen LogP contribution in [0.5, 0.6) is 0 Å². The van der Waals surface area contributed by atoms with Gasteiger partial charge in [-0.3, -0.25) is 9.20 Å². The van der Waals surface area contributed by atoms with E-state index in [2.05, 4.69) is 20.5 Å². The van der Waals surface area contributed by atoms with E-state index < -0.39 is 11.7 Å². The Kier molecular flexibility index (Phi) is 5.85. The summed E-state index contributed by atoms with van der Waals surface area (Å²) in [6.07, 6.45) is -1.20. The molecule has 0 aliphatic carbocycles. The van der Waals surface area contributed by atoms with Crippen molar-refractivity contribution < 1.29 is 22.7 Å². The molecule has 0 bridgehead atoms. The first kappa shape index (κ1) is 22.8. The van der Waals surface area contributed by atoms with Crippen LogP contribution in [-0.4, -0.2) is 51.8 Å². The van der Waals surface area contributed by atoms with Gasteiger partial charge in [0.05, 0.1) is 30.7 Å². The van der Waals surface area contributed by atoms with Crippen LogP contribution in [0.15, 0.2) is 54.9 Å². The van der Waals surface area contributed by atoms with Crippen LogP contribution in [0.2, 0.25) is 0 Å². The van der Waals surface area contributed by atoms with Crippen molar-refractivity contribution in [2.75, 3.05) is 36.5 Å². The molecule has 11 heteroatoms. The van der Waals surface area contributed by atoms with Gasteiger partial charge in [-0.05, 0) is 41.8 Å². The van der Waals surface area contributed by atoms with Crippen molar-refractivity contribution in [3.8, 4) is 11.1 Å². The summed E-state index contributed by atoms with van der Waals surface area (Å²) in [6.45, 7) is 4.29. The number of nitrogens with one attached hydrogen (secondary N) is 1. The van der Waals surface area contributed by atoms with Gasteiger partial charge in [0.2, 0.25) is 5.95 Å². The number of aromatic nitrogens is 4. The minimum atomic E-state index is -4.41. The molecule has 1 saturated heterocycles. The molecule has 4 aromatic rings. The van der Waals surface area contributed by atoms with E-state index in [0.717, 1.165) is 12.1 Å². The largest absolute Gasteiger partial charge is 0.416 e. The number of anilines is 2. The molecule has 180 valence electrons. The second-order valence-electron chi connectivity index (χ2n) is 8.12. The zero-order valence-corrected chi connectivity index (χ0v) is 18.7. The summed E-state index contributed by atoms with van der Waals surface area (Å²) < 4.78 is 45.8. The molecular weight excluding hydrogens is 461 g/mol. The van der Waals surface area contributed by atoms with Crippen molar-refractivity contribution >= 4 is 23.3 Å². The molecule has 8 nitrogen and oxygen atoms in total. The first-order valence-corrected chi connectivity index (χ1v) is 10.9. The lowest BCUT2D eigenvalue weighted by atomic mass is 9.95. The molecule has 0 spiro atoms. The molecule has 35 heavy (non-hydrogen) atoms. The van der Waals surface area contributed by atoms with Gasteiger partial charge in [-0.15, -0.1) is 10.2 Å². The van der Waals surface area contributed by atoms with E-state index in [-0.39, 0.29) is 5.91 Å². The maximum atomic E-state index is 13.1. The van der Waals surface area contributed by atoms with Crippen molar-refractivity contribution in [1.82, 2.24) is 19.6 Å². The van der Waals surface area contributed by atoms with Gasteiger partial charge in [0.15, 0.2) is 0 Å². The molecule has 1 amide bonds. The molecule has 1 aliphatic heterocycles. The number of benzene rings is 2. The number of morpholine rings is 1. The molecule has 0 unspecified atom stereocenters. The Bertz CT molecular complexity index is 1380. The molecule has 1 N–H and O–H groups in total. The smallest absolute Gasteiger partial charge is 0.378 e. The Morgan fingerprint density at radius 3 is 2.51 bits per heavy atom. The van der Waals surface area contributed by atoms with Gasteiger partial charge in [0.1, 0.15) is 0 Å². The third-order valence-electron chi connectivity index (χ3n) is 5.90. The molecule has 0 saturated carbocycles. The van der Waals surface area contributed by atoms with Crippen molar-refractivity contribution in [2.45, 2.75) is 13.1 Å². The first-order valence-electron chi connectivity index (χ1n) is 10.9. The Hall–Kier alpha value is -3.99. The van der Waals surface area contributed by atoms with Crippen LogP contribution in [0, 0.1) is 6.92 Å². The highest BCUT2D eigenvalue weighted by molar-refractivity contribution is 6.06. The summed E-state index contributed by atoms with van der Waals surface area (Å²) in [5.41, 5.74) is 2.05. The number of amides is 1. The Morgan fingerprint density at radius 2 is 1.80 bits per heavy atom. The zero-order chi connectivity index (χ0) is 24.6. The molecule has 0 atom stereocenters. The lowest BCUT2D eigenvalue weighted by Crippen LogP contribution is -2.37. The molecule has 5 rings (SSSR count). The van der Waals surface area contributed by atoms with E-state index in [1.54, 1.807) is 35.7 Å². The number of nitrogens with zero attached hydrogens (tertiary/aromatic N) is 5. The molecule has 0 radical (unpaired) electrons. The summed E-state index contributed by atoms with van der Waals surface area (Å²) in [5.74, 6) is 0.663. The van der Waals surface area contributed by atoms with Gasteiger partial charge >= 0.3 is 6.18 Å². The molecule has 1 aliphatic rings. The molecule has 2 aromatic heterocycles. The number of carbonyl (C=O) groups excluding carboxylic acids is 1. The molecule has 3 heterocycles. The number of carbonyl (C=O) groups is 1. The van der Waals surface area contributed by atoms with Crippen LogP contribution < -0.4 is 10.2 Å². The van der Waals surface area contributed by atoms with E-state index in [0.29, 0.717) is 66.0 Å². The highest BCUT2D eigenvalue weighted by Gasteiger charge is 2.30. The van der Waals surface area contributed by atoms with Crippen LogP contribution in [0.3, 0.4) is 0 Å². The number of rotatable bonds is 4. The topological polar surface area (TPSA) is 84.7 Å². The maximum absolute atomic E-state index is 13.1. The molecule has 2 aromatic carbocycles. The number of ether oxygens (including phenoxy) is 1. The van der Waals surface area contributed by atoms with Crippen LogP contribution in [0.4, 0.5) is 24.8 Å². The van der Waals surface area contributed by atoms with E-state index >= 15 is 0 Å². The second kappa shape index (κ2) is 8.99. The van der Waals surface area contributed by atoms with Crippen molar-refractivity contribution in [3.05, 3.63) is 71.5 Å². The Labute approximate surface area is 198 Å². The Morgan fingerprint density at radius 1 is 1.06 bits per heavy atom. The van der Waals surface area contributed by atoms with Crippen LogP contribution in [0.1, 0.15) is 21.5 Å². The minimum absolute atomic E-state index is 0.363. The third kappa shape index (κ3) is 4.54. The van der Waals surface area contributed by atoms with Gasteiger partial charge in [-0.1, -0.05) is 24.3 Å². The highest BCUT2D eigenvalue weighted by Crippen LogP contribution is 2.32. The summed E-state index contributed by atoms with van der Waals surface area (Å²) in [7, 11) is 0. The standard InChI is InChI=1S/C24H21F3N6O2/c1-15-19(16-5-7-17(8-6-16)24(25,26)27)3-2-4-20(15)21(34)29-18-13-28-22-30-31-23(33(22)14-18)32-9-11-35-12-10-32/h2-8,13-14H,9-12H2,1H3,(H,29,34).